The number of halogens is 1. The number of hydrogen-bond donors (Lipinski definition) is 1. The second-order valence-corrected chi connectivity index (χ2v) is 6.24. The highest BCUT2D eigenvalue weighted by Gasteiger charge is 2.19. The van der Waals surface area contributed by atoms with Crippen LogP contribution in [0.2, 0.25) is 0 Å². The number of non-ortho nitro benzene ring substituents is 1. The van der Waals surface area contributed by atoms with Crippen molar-refractivity contribution in [2.75, 3.05) is 5.43 Å². The second-order valence-electron chi connectivity index (χ2n) is 5.33. The summed E-state index contributed by atoms with van der Waals surface area (Å²) >= 11 is 3.35. The molecule has 0 atom stereocenters. The molecule has 0 bridgehead atoms. The molecule has 0 aliphatic rings. The minimum Gasteiger partial charge on any atom is -0.272 e. The summed E-state index contributed by atoms with van der Waals surface area (Å²) in [5.41, 5.74) is 2.47. The van der Waals surface area contributed by atoms with E-state index in [1.54, 1.807) is 0 Å². The molecule has 0 aliphatic heterocycles. The van der Waals surface area contributed by atoms with E-state index in [2.05, 4.69) is 42.0 Å². The van der Waals surface area contributed by atoms with Gasteiger partial charge in [-0.1, -0.05) is 15.9 Å². The number of nitrogens with one attached hydrogen (secondary N) is 1. The first kappa shape index (κ1) is 19.0. The van der Waals surface area contributed by atoms with Crippen LogP contribution >= 0.6 is 15.9 Å². The molecule has 0 fully saturated rings. The zero-order valence-electron chi connectivity index (χ0n) is 14.0. The molecule has 2 aromatic carbocycles. The van der Waals surface area contributed by atoms with Gasteiger partial charge in [0.1, 0.15) is 5.69 Å². The molecule has 3 rings (SSSR count). The van der Waals surface area contributed by atoms with Gasteiger partial charge in [-0.05, 0) is 40.8 Å². The summed E-state index contributed by atoms with van der Waals surface area (Å²) in [6.07, 6.45) is 1.68. The Morgan fingerprint density at radius 3 is 2.57 bits per heavy atom. The number of rotatable bonds is 7. The molecular weight excluding hydrogens is 436 g/mol. The summed E-state index contributed by atoms with van der Waals surface area (Å²) in [5.74, 6) is 0.506. The molecule has 0 spiro atoms. The molecule has 0 saturated heterocycles. The lowest BCUT2D eigenvalue weighted by Crippen LogP contribution is -2.04. The van der Waals surface area contributed by atoms with Crippen LogP contribution in [-0.4, -0.2) is 36.3 Å². The fraction of sp³-hybridized carbons (Fsp3) is 0.0667. The van der Waals surface area contributed by atoms with Gasteiger partial charge in [0.25, 0.3) is 5.69 Å². The number of anilines is 1. The van der Waals surface area contributed by atoms with Gasteiger partial charge in [-0.3, -0.25) is 25.7 Å². The first-order chi connectivity index (χ1) is 13.5. The number of hydrogen-bond acceptors (Lipinski definition) is 9. The van der Waals surface area contributed by atoms with Gasteiger partial charge in [0.05, 0.1) is 21.6 Å². The molecule has 3 aromatic rings. The predicted molar refractivity (Wildman–Crippen MR) is 102 cm³/mol. The highest BCUT2D eigenvalue weighted by molar-refractivity contribution is 9.10. The Bertz CT molecular complexity index is 1050. The lowest BCUT2D eigenvalue weighted by molar-refractivity contribution is -0.393. The van der Waals surface area contributed by atoms with Gasteiger partial charge in [-0.25, -0.2) is 0 Å². The number of benzene rings is 2. The largest absolute Gasteiger partial charge is 0.301 e. The van der Waals surface area contributed by atoms with Crippen molar-refractivity contribution in [1.29, 1.82) is 0 Å². The summed E-state index contributed by atoms with van der Waals surface area (Å²) in [4.78, 5) is 20.4. The fourth-order valence-electron chi connectivity index (χ4n) is 2.24. The minimum absolute atomic E-state index is 0.0272. The number of nitrogens with zero attached hydrogens (tertiary/aromatic N) is 7. The van der Waals surface area contributed by atoms with Gasteiger partial charge in [0.2, 0.25) is 0 Å². The number of aromatic nitrogens is 4. The van der Waals surface area contributed by atoms with Crippen LogP contribution in [0, 0.1) is 20.2 Å². The summed E-state index contributed by atoms with van der Waals surface area (Å²) in [5, 5.41) is 37.3. The van der Waals surface area contributed by atoms with Crippen molar-refractivity contribution < 1.29 is 9.85 Å². The third-order valence-corrected chi connectivity index (χ3v) is 4.07. The van der Waals surface area contributed by atoms with E-state index in [4.69, 9.17) is 0 Å². The van der Waals surface area contributed by atoms with Crippen molar-refractivity contribution in [3.8, 4) is 5.69 Å². The summed E-state index contributed by atoms with van der Waals surface area (Å²) in [6, 6.07) is 10.6. The van der Waals surface area contributed by atoms with E-state index in [0.29, 0.717) is 5.82 Å². The Balaban J connectivity index is 1.72. The molecule has 0 saturated carbocycles. The molecule has 0 amide bonds. The van der Waals surface area contributed by atoms with Gasteiger partial charge in [-0.2, -0.15) is 9.78 Å². The third kappa shape index (κ3) is 4.32. The Morgan fingerprint density at radius 2 is 1.89 bits per heavy atom. The summed E-state index contributed by atoms with van der Waals surface area (Å²) in [6.45, 7) is 0. The van der Waals surface area contributed by atoms with Crippen LogP contribution in [0.1, 0.15) is 5.82 Å². The lowest BCUT2D eigenvalue weighted by Gasteiger charge is -2.03. The average Bonchev–Trinajstić information content (AvgIpc) is 3.14. The molecule has 1 aromatic heterocycles. The van der Waals surface area contributed by atoms with E-state index in [9.17, 15) is 20.2 Å². The maximum atomic E-state index is 11.1. The molecule has 142 valence electrons. The SMILES string of the molecule is O=[N+]([O-])c1ccc(N/N=C\Cc2nnnn2-c2ccc(Br)cc2)c([N+](=O)[O-])c1. The standard InChI is InChI=1S/C15H11BrN8O4/c16-10-1-3-11(4-2-10)22-15(19-20-21-22)7-8-17-18-13-6-5-12(23(25)26)9-14(13)24(27)28/h1-6,8-9,18H,7H2/b17-8-. The Kier molecular flexibility index (Phi) is 5.64. The van der Waals surface area contributed by atoms with E-state index in [1.165, 1.54) is 17.0 Å². The van der Waals surface area contributed by atoms with Crippen LogP contribution in [0.15, 0.2) is 52.0 Å². The molecule has 0 unspecified atom stereocenters. The highest BCUT2D eigenvalue weighted by atomic mass is 79.9. The Labute approximate surface area is 165 Å². The Morgan fingerprint density at radius 1 is 1.14 bits per heavy atom. The van der Waals surface area contributed by atoms with Crippen LogP contribution in [0.3, 0.4) is 0 Å². The smallest absolute Gasteiger partial charge is 0.272 e. The molecular formula is C15H11BrN8O4. The first-order valence-corrected chi connectivity index (χ1v) is 8.48. The lowest BCUT2D eigenvalue weighted by atomic mass is 10.2. The van der Waals surface area contributed by atoms with E-state index in [1.807, 2.05) is 24.3 Å². The van der Waals surface area contributed by atoms with Gasteiger partial charge in [-0.15, -0.1) is 5.10 Å². The molecule has 12 nitrogen and oxygen atoms in total. The fourth-order valence-corrected chi connectivity index (χ4v) is 2.50. The van der Waals surface area contributed by atoms with Crippen molar-refractivity contribution in [3.05, 3.63) is 73.0 Å². The van der Waals surface area contributed by atoms with E-state index in [-0.39, 0.29) is 17.8 Å². The van der Waals surface area contributed by atoms with E-state index >= 15 is 0 Å². The third-order valence-electron chi connectivity index (χ3n) is 3.54. The zero-order valence-corrected chi connectivity index (χ0v) is 15.6. The summed E-state index contributed by atoms with van der Waals surface area (Å²) < 4.78 is 2.45. The Hall–Kier alpha value is -3.74. The second kappa shape index (κ2) is 8.30. The molecule has 1 heterocycles. The zero-order chi connectivity index (χ0) is 20.1. The number of nitro groups is 2. The average molecular weight is 447 g/mol. The number of nitro benzene ring substituents is 2. The first-order valence-electron chi connectivity index (χ1n) is 7.69. The minimum atomic E-state index is -0.723. The van der Waals surface area contributed by atoms with Gasteiger partial charge < -0.3 is 0 Å². The maximum Gasteiger partial charge on any atom is 0.301 e. The molecule has 0 aliphatic carbocycles. The normalized spacial score (nSPS) is 10.9. The van der Waals surface area contributed by atoms with Gasteiger partial charge in [0, 0.05) is 23.2 Å². The number of tetrazole rings is 1. The molecule has 0 radical (unpaired) electrons. The molecule has 1 N–H and O–H groups in total. The topological polar surface area (TPSA) is 154 Å². The molecule has 28 heavy (non-hydrogen) atoms. The van der Waals surface area contributed by atoms with E-state index in [0.717, 1.165) is 22.3 Å². The van der Waals surface area contributed by atoms with Gasteiger partial charge >= 0.3 is 5.69 Å². The van der Waals surface area contributed by atoms with Crippen molar-refractivity contribution in [2.24, 2.45) is 5.10 Å². The summed E-state index contributed by atoms with van der Waals surface area (Å²) in [7, 11) is 0. The van der Waals surface area contributed by atoms with Crippen LogP contribution in [0.4, 0.5) is 17.1 Å². The van der Waals surface area contributed by atoms with Gasteiger partial charge in [0.15, 0.2) is 5.82 Å². The van der Waals surface area contributed by atoms with E-state index < -0.39 is 15.5 Å². The monoisotopic (exact) mass is 446 g/mol. The van der Waals surface area contributed by atoms with Crippen molar-refractivity contribution in [1.82, 2.24) is 20.2 Å². The maximum absolute atomic E-state index is 11.1. The quantitative estimate of drug-likeness (QED) is 0.329. The number of hydrazone groups is 1. The van der Waals surface area contributed by atoms with Crippen molar-refractivity contribution >= 4 is 39.2 Å². The van der Waals surface area contributed by atoms with Crippen molar-refractivity contribution in [2.45, 2.75) is 6.42 Å². The molecule has 13 heteroatoms. The van der Waals surface area contributed by atoms with Crippen LogP contribution in [0.5, 0.6) is 0 Å². The predicted octanol–water partition coefficient (Wildman–Crippen LogP) is 2.88. The van der Waals surface area contributed by atoms with Crippen LogP contribution < -0.4 is 5.43 Å². The van der Waals surface area contributed by atoms with Crippen molar-refractivity contribution in [3.63, 3.8) is 0 Å². The van der Waals surface area contributed by atoms with Crippen LogP contribution in [-0.2, 0) is 6.42 Å². The van der Waals surface area contributed by atoms with Crippen LogP contribution in [0.25, 0.3) is 5.69 Å². The highest BCUT2D eigenvalue weighted by Crippen LogP contribution is 2.28.